The highest BCUT2D eigenvalue weighted by Gasteiger charge is 2.22. The molecule has 0 bridgehead atoms. The number of aromatic nitrogens is 1. The van der Waals surface area contributed by atoms with E-state index in [4.69, 9.17) is 4.98 Å². The Morgan fingerprint density at radius 2 is 1.75 bits per heavy atom. The second-order valence-electron chi connectivity index (χ2n) is 6.76. The number of fused-ring (bicyclic) bond motifs is 1. The average molecular weight is 451 g/mol. The molecule has 0 saturated heterocycles. The molecule has 0 saturated carbocycles. The van der Waals surface area contributed by atoms with Crippen molar-refractivity contribution in [3.63, 3.8) is 0 Å². The fraction of sp³-hybridized carbons (Fsp3) is 0.130. The van der Waals surface area contributed by atoms with E-state index in [1.165, 1.54) is 5.56 Å². The lowest BCUT2D eigenvalue weighted by Crippen LogP contribution is -2.30. The van der Waals surface area contributed by atoms with Crippen LogP contribution >= 0.6 is 27.3 Å². The van der Waals surface area contributed by atoms with Crippen LogP contribution in [0.4, 0.5) is 5.13 Å². The molecule has 0 spiro atoms. The number of hydrogen-bond donors (Lipinski definition) is 0. The zero-order valence-corrected chi connectivity index (χ0v) is 18.0. The van der Waals surface area contributed by atoms with Gasteiger partial charge in [-0.25, -0.2) is 4.98 Å². The molecule has 1 amide bonds. The van der Waals surface area contributed by atoms with E-state index in [9.17, 15) is 4.79 Å². The van der Waals surface area contributed by atoms with Crippen LogP contribution in [0.25, 0.3) is 10.2 Å². The van der Waals surface area contributed by atoms with E-state index < -0.39 is 0 Å². The average Bonchev–Trinajstić information content (AvgIpc) is 3.16. The lowest BCUT2D eigenvalue weighted by molar-refractivity contribution is 0.0985. The second kappa shape index (κ2) is 7.86. The molecule has 0 unspecified atom stereocenters. The van der Waals surface area contributed by atoms with Crippen molar-refractivity contribution < 1.29 is 4.79 Å². The summed E-state index contributed by atoms with van der Waals surface area (Å²) in [6.07, 6.45) is 0. The van der Waals surface area contributed by atoms with Crippen LogP contribution in [-0.4, -0.2) is 10.9 Å². The summed E-state index contributed by atoms with van der Waals surface area (Å²) >= 11 is 5.04. The van der Waals surface area contributed by atoms with Gasteiger partial charge in [0.1, 0.15) is 0 Å². The molecule has 5 heteroatoms. The van der Waals surface area contributed by atoms with E-state index >= 15 is 0 Å². The monoisotopic (exact) mass is 450 g/mol. The van der Waals surface area contributed by atoms with Gasteiger partial charge in [0.2, 0.25) is 0 Å². The van der Waals surface area contributed by atoms with Gasteiger partial charge >= 0.3 is 0 Å². The highest BCUT2D eigenvalue weighted by molar-refractivity contribution is 9.10. The highest BCUT2D eigenvalue weighted by atomic mass is 79.9. The summed E-state index contributed by atoms with van der Waals surface area (Å²) < 4.78 is 2.02. The first kappa shape index (κ1) is 18.8. The Morgan fingerprint density at radius 1 is 1.00 bits per heavy atom. The second-order valence-corrected chi connectivity index (χ2v) is 8.65. The van der Waals surface area contributed by atoms with Gasteiger partial charge in [-0.2, -0.15) is 0 Å². The molecule has 4 rings (SSSR count). The third kappa shape index (κ3) is 3.73. The predicted octanol–water partition coefficient (Wildman–Crippen LogP) is 6.52. The van der Waals surface area contributed by atoms with Crippen LogP contribution in [-0.2, 0) is 6.54 Å². The quantitative estimate of drug-likeness (QED) is 0.354. The van der Waals surface area contributed by atoms with Crippen LogP contribution in [0.15, 0.2) is 71.2 Å². The number of anilines is 1. The van der Waals surface area contributed by atoms with Crippen molar-refractivity contribution in [2.75, 3.05) is 4.90 Å². The molecular formula is C23H19BrN2OS. The first-order chi connectivity index (χ1) is 13.5. The van der Waals surface area contributed by atoms with Gasteiger partial charge in [-0.05, 0) is 48.7 Å². The van der Waals surface area contributed by atoms with Gasteiger partial charge in [-0.1, -0.05) is 75.8 Å². The molecule has 0 atom stereocenters. The molecule has 0 aliphatic heterocycles. The first-order valence-electron chi connectivity index (χ1n) is 9.01. The van der Waals surface area contributed by atoms with Crippen molar-refractivity contribution in [2.24, 2.45) is 0 Å². The van der Waals surface area contributed by atoms with E-state index in [-0.39, 0.29) is 5.91 Å². The molecule has 4 aromatic rings. The molecule has 3 aromatic carbocycles. The van der Waals surface area contributed by atoms with Gasteiger partial charge in [0.05, 0.1) is 16.8 Å². The van der Waals surface area contributed by atoms with Gasteiger partial charge in [0, 0.05) is 10.0 Å². The molecule has 3 nitrogen and oxygen atoms in total. The zero-order chi connectivity index (χ0) is 19.7. The van der Waals surface area contributed by atoms with Crippen LogP contribution in [0.1, 0.15) is 27.0 Å². The van der Waals surface area contributed by atoms with E-state index in [0.29, 0.717) is 12.1 Å². The zero-order valence-electron chi connectivity index (χ0n) is 15.6. The topological polar surface area (TPSA) is 33.2 Å². The molecule has 140 valence electrons. The fourth-order valence-corrected chi connectivity index (χ4v) is 4.64. The van der Waals surface area contributed by atoms with Gasteiger partial charge in [0.25, 0.3) is 5.91 Å². The van der Waals surface area contributed by atoms with Gasteiger partial charge in [0.15, 0.2) is 5.13 Å². The number of carbonyl (C=O) groups is 1. The number of rotatable bonds is 4. The van der Waals surface area contributed by atoms with Crippen molar-refractivity contribution in [3.05, 3.63) is 93.5 Å². The van der Waals surface area contributed by atoms with Gasteiger partial charge in [-0.15, -0.1) is 0 Å². The predicted molar refractivity (Wildman–Crippen MR) is 120 cm³/mol. The van der Waals surface area contributed by atoms with Crippen LogP contribution in [0.5, 0.6) is 0 Å². The highest BCUT2D eigenvalue weighted by Crippen LogP contribution is 2.34. The van der Waals surface area contributed by atoms with Crippen LogP contribution in [0.3, 0.4) is 0 Å². The molecule has 0 radical (unpaired) electrons. The Hall–Kier alpha value is -2.50. The van der Waals surface area contributed by atoms with E-state index in [2.05, 4.69) is 41.9 Å². The minimum Gasteiger partial charge on any atom is -0.279 e. The Balaban J connectivity index is 1.82. The maximum atomic E-state index is 13.4. The van der Waals surface area contributed by atoms with Crippen molar-refractivity contribution in [1.29, 1.82) is 0 Å². The number of halogens is 1. The molecule has 0 aliphatic carbocycles. The van der Waals surface area contributed by atoms with Crippen molar-refractivity contribution in [1.82, 2.24) is 4.98 Å². The summed E-state index contributed by atoms with van der Waals surface area (Å²) in [6.45, 7) is 4.62. The number of amides is 1. The minimum absolute atomic E-state index is 0.0560. The molecular weight excluding hydrogens is 432 g/mol. The molecule has 0 aliphatic rings. The number of nitrogens with zero attached hydrogens (tertiary/aromatic N) is 2. The summed E-state index contributed by atoms with van der Waals surface area (Å²) in [5.41, 5.74) is 4.98. The third-order valence-corrected chi connectivity index (χ3v) is 6.37. The van der Waals surface area contributed by atoms with Crippen LogP contribution in [0, 0.1) is 13.8 Å². The number of hydrogen-bond acceptors (Lipinski definition) is 3. The van der Waals surface area contributed by atoms with Gasteiger partial charge < -0.3 is 0 Å². The molecule has 0 N–H and O–H groups in total. The van der Waals surface area contributed by atoms with E-state index in [1.54, 1.807) is 16.2 Å². The number of benzene rings is 3. The first-order valence-corrected chi connectivity index (χ1v) is 10.6. The van der Waals surface area contributed by atoms with Crippen LogP contribution < -0.4 is 4.90 Å². The van der Waals surface area contributed by atoms with Crippen LogP contribution in [0.2, 0.25) is 0 Å². The summed E-state index contributed by atoms with van der Waals surface area (Å²) in [5.74, 6) is -0.0560. The fourth-order valence-electron chi connectivity index (χ4n) is 3.13. The summed E-state index contributed by atoms with van der Waals surface area (Å²) in [6, 6.07) is 21.7. The summed E-state index contributed by atoms with van der Waals surface area (Å²) in [5, 5.41) is 0.723. The SMILES string of the molecule is Cc1ccc(C)c2sc(N(Cc3ccccc3)C(=O)c3cccc(Br)c3)nc12. The Kier molecular flexibility index (Phi) is 5.29. The van der Waals surface area contributed by atoms with Crippen molar-refractivity contribution >= 4 is 48.5 Å². The van der Waals surface area contributed by atoms with E-state index in [0.717, 1.165) is 30.9 Å². The maximum Gasteiger partial charge on any atom is 0.260 e. The smallest absolute Gasteiger partial charge is 0.260 e. The van der Waals surface area contributed by atoms with E-state index in [1.807, 2.05) is 54.6 Å². The number of aryl methyl sites for hydroxylation is 2. The Bertz CT molecular complexity index is 1110. The standard InChI is InChI=1S/C23H19BrN2OS/c1-15-11-12-16(2)21-20(15)25-23(28-21)26(14-17-7-4-3-5-8-17)22(27)18-9-6-10-19(24)13-18/h3-13H,14H2,1-2H3. The van der Waals surface area contributed by atoms with Crippen molar-refractivity contribution in [3.8, 4) is 0 Å². The summed E-state index contributed by atoms with van der Waals surface area (Å²) in [4.78, 5) is 20.0. The van der Waals surface area contributed by atoms with Gasteiger partial charge in [-0.3, -0.25) is 9.69 Å². The van der Waals surface area contributed by atoms with Crippen molar-refractivity contribution in [2.45, 2.75) is 20.4 Å². The normalized spacial score (nSPS) is 11.0. The summed E-state index contributed by atoms with van der Waals surface area (Å²) in [7, 11) is 0. The Morgan fingerprint density at radius 3 is 2.46 bits per heavy atom. The molecule has 1 heterocycles. The molecule has 0 fully saturated rings. The lowest BCUT2D eigenvalue weighted by atomic mass is 10.1. The number of thiazole rings is 1. The largest absolute Gasteiger partial charge is 0.279 e. The molecule has 28 heavy (non-hydrogen) atoms. The minimum atomic E-state index is -0.0560. The maximum absolute atomic E-state index is 13.4. The Labute approximate surface area is 176 Å². The number of carbonyl (C=O) groups excluding carboxylic acids is 1. The molecule has 1 aromatic heterocycles. The lowest BCUT2D eigenvalue weighted by Gasteiger charge is -2.20. The third-order valence-electron chi connectivity index (χ3n) is 4.66.